The molecule has 2 aromatic rings. The zero-order valence-electron chi connectivity index (χ0n) is 12.2. The van der Waals surface area contributed by atoms with Crippen molar-refractivity contribution in [2.75, 3.05) is 7.11 Å². The summed E-state index contributed by atoms with van der Waals surface area (Å²) in [6, 6.07) is 15.8. The summed E-state index contributed by atoms with van der Waals surface area (Å²) in [6.45, 7) is 2.52. The highest BCUT2D eigenvalue weighted by Crippen LogP contribution is 2.19. The predicted molar refractivity (Wildman–Crippen MR) is 83.0 cm³/mol. The van der Waals surface area contributed by atoms with Crippen LogP contribution >= 0.6 is 0 Å². The minimum absolute atomic E-state index is 0.362. The predicted octanol–water partition coefficient (Wildman–Crippen LogP) is 3.76. The summed E-state index contributed by atoms with van der Waals surface area (Å²) >= 11 is 0. The van der Waals surface area contributed by atoms with E-state index in [2.05, 4.69) is 4.74 Å². The number of ether oxygens (including phenoxy) is 2. The first-order valence-corrected chi connectivity index (χ1v) is 6.72. The van der Waals surface area contributed by atoms with E-state index in [1.807, 2.05) is 55.5 Å². The summed E-state index contributed by atoms with van der Waals surface area (Å²) in [4.78, 5) is 11.1. The van der Waals surface area contributed by atoms with Crippen LogP contribution in [0.4, 0.5) is 0 Å². The number of carbonyl (C=O) groups excluding carboxylic acids is 1. The molecule has 0 fully saturated rings. The summed E-state index contributed by atoms with van der Waals surface area (Å²) in [5.41, 5.74) is 3.14. The monoisotopic (exact) mass is 282 g/mol. The Labute approximate surface area is 124 Å². The molecule has 0 saturated heterocycles. The van der Waals surface area contributed by atoms with Gasteiger partial charge < -0.3 is 9.47 Å². The summed E-state index contributed by atoms with van der Waals surface area (Å²) in [6.07, 6.45) is 3.15. The van der Waals surface area contributed by atoms with Crippen molar-refractivity contribution in [3.05, 3.63) is 71.3 Å². The van der Waals surface area contributed by atoms with Gasteiger partial charge in [0, 0.05) is 6.08 Å². The lowest BCUT2D eigenvalue weighted by molar-refractivity contribution is -0.134. The lowest BCUT2D eigenvalue weighted by atomic mass is 10.1. The standard InChI is InChI=1S/C18H18O3/c1-14-12-17(21-13-15-6-4-3-5-7-15)10-8-16(14)9-11-18(19)20-2/h3-12H,13H2,1-2H3. The van der Waals surface area contributed by atoms with Crippen LogP contribution in [-0.2, 0) is 16.1 Å². The summed E-state index contributed by atoms with van der Waals surface area (Å²) in [5, 5.41) is 0. The maximum Gasteiger partial charge on any atom is 0.330 e. The smallest absolute Gasteiger partial charge is 0.330 e. The number of aryl methyl sites for hydroxylation is 1. The van der Waals surface area contributed by atoms with Gasteiger partial charge >= 0.3 is 5.97 Å². The molecular weight excluding hydrogens is 264 g/mol. The van der Waals surface area contributed by atoms with Crippen LogP contribution in [-0.4, -0.2) is 13.1 Å². The van der Waals surface area contributed by atoms with Crippen LogP contribution in [0.2, 0.25) is 0 Å². The van der Waals surface area contributed by atoms with Crippen LogP contribution in [0, 0.1) is 6.92 Å². The molecule has 0 bridgehead atoms. The molecular formula is C18H18O3. The van der Waals surface area contributed by atoms with Crippen LogP contribution < -0.4 is 4.74 Å². The molecule has 0 aromatic heterocycles. The summed E-state index contributed by atoms with van der Waals surface area (Å²) in [5.74, 6) is 0.449. The van der Waals surface area contributed by atoms with Crippen LogP contribution in [0.5, 0.6) is 5.75 Å². The first-order valence-electron chi connectivity index (χ1n) is 6.72. The molecule has 0 aliphatic carbocycles. The van der Waals surface area contributed by atoms with Gasteiger partial charge in [0.2, 0.25) is 0 Å². The molecule has 0 aliphatic heterocycles. The maximum atomic E-state index is 11.1. The molecule has 3 heteroatoms. The van der Waals surface area contributed by atoms with Crippen LogP contribution in [0.15, 0.2) is 54.6 Å². The zero-order valence-corrected chi connectivity index (χ0v) is 12.2. The fourth-order valence-electron chi connectivity index (χ4n) is 1.89. The molecule has 2 rings (SSSR count). The van der Waals surface area contributed by atoms with Gasteiger partial charge in [-0.05, 0) is 41.8 Å². The molecule has 0 spiro atoms. The number of hydrogen-bond donors (Lipinski definition) is 0. The van der Waals surface area contributed by atoms with E-state index in [1.165, 1.54) is 13.2 Å². The third kappa shape index (κ3) is 4.49. The van der Waals surface area contributed by atoms with E-state index in [0.29, 0.717) is 6.61 Å². The second kappa shape index (κ2) is 7.29. The minimum atomic E-state index is -0.362. The normalized spacial score (nSPS) is 10.6. The van der Waals surface area contributed by atoms with Gasteiger partial charge in [-0.2, -0.15) is 0 Å². The van der Waals surface area contributed by atoms with Gasteiger partial charge in [0.05, 0.1) is 7.11 Å². The van der Waals surface area contributed by atoms with E-state index in [9.17, 15) is 4.79 Å². The first-order chi connectivity index (χ1) is 10.2. The van der Waals surface area contributed by atoms with E-state index in [4.69, 9.17) is 4.74 Å². The van der Waals surface area contributed by atoms with Crippen LogP contribution in [0.3, 0.4) is 0 Å². The lowest BCUT2D eigenvalue weighted by Crippen LogP contribution is -1.96. The molecule has 0 aliphatic rings. The minimum Gasteiger partial charge on any atom is -0.489 e. The van der Waals surface area contributed by atoms with Gasteiger partial charge in [0.25, 0.3) is 0 Å². The molecule has 21 heavy (non-hydrogen) atoms. The number of esters is 1. The fraction of sp³-hybridized carbons (Fsp3) is 0.167. The molecule has 0 saturated carbocycles. The van der Waals surface area contributed by atoms with Gasteiger partial charge in [0.1, 0.15) is 12.4 Å². The summed E-state index contributed by atoms with van der Waals surface area (Å²) < 4.78 is 10.3. The average molecular weight is 282 g/mol. The molecule has 0 radical (unpaired) electrons. The third-order valence-corrected chi connectivity index (χ3v) is 3.09. The Balaban J connectivity index is 2.02. The highest BCUT2D eigenvalue weighted by atomic mass is 16.5. The van der Waals surface area contributed by atoms with Crippen molar-refractivity contribution in [3.63, 3.8) is 0 Å². The van der Waals surface area contributed by atoms with Crippen molar-refractivity contribution < 1.29 is 14.3 Å². The van der Waals surface area contributed by atoms with E-state index in [0.717, 1.165) is 22.4 Å². The van der Waals surface area contributed by atoms with Crippen molar-refractivity contribution in [1.82, 2.24) is 0 Å². The molecule has 0 heterocycles. The van der Waals surface area contributed by atoms with Gasteiger partial charge in [-0.3, -0.25) is 0 Å². The van der Waals surface area contributed by atoms with Gasteiger partial charge in [-0.1, -0.05) is 36.4 Å². The fourth-order valence-corrected chi connectivity index (χ4v) is 1.89. The first kappa shape index (κ1) is 14.9. The van der Waals surface area contributed by atoms with Gasteiger partial charge in [-0.15, -0.1) is 0 Å². The molecule has 0 atom stereocenters. The topological polar surface area (TPSA) is 35.5 Å². The summed E-state index contributed by atoms with van der Waals surface area (Å²) in [7, 11) is 1.36. The molecule has 0 N–H and O–H groups in total. The molecule has 0 unspecified atom stereocenters. The number of rotatable bonds is 5. The zero-order chi connectivity index (χ0) is 15.1. The Morgan fingerprint density at radius 3 is 2.57 bits per heavy atom. The van der Waals surface area contributed by atoms with Gasteiger partial charge in [0.15, 0.2) is 0 Å². The van der Waals surface area contributed by atoms with Crippen molar-refractivity contribution in [2.45, 2.75) is 13.5 Å². The van der Waals surface area contributed by atoms with E-state index < -0.39 is 0 Å². The highest BCUT2D eigenvalue weighted by molar-refractivity contribution is 5.87. The van der Waals surface area contributed by atoms with E-state index in [-0.39, 0.29) is 5.97 Å². The third-order valence-electron chi connectivity index (χ3n) is 3.09. The molecule has 108 valence electrons. The maximum absolute atomic E-state index is 11.1. The van der Waals surface area contributed by atoms with Crippen molar-refractivity contribution in [2.24, 2.45) is 0 Å². The van der Waals surface area contributed by atoms with Crippen LogP contribution in [0.1, 0.15) is 16.7 Å². The van der Waals surface area contributed by atoms with Gasteiger partial charge in [-0.25, -0.2) is 4.79 Å². The SMILES string of the molecule is COC(=O)C=Cc1ccc(OCc2ccccc2)cc1C. The molecule has 2 aromatic carbocycles. The quantitative estimate of drug-likeness (QED) is 0.618. The lowest BCUT2D eigenvalue weighted by Gasteiger charge is -2.08. The van der Waals surface area contributed by atoms with E-state index in [1.54, 1.807) is 6.08 Å². The number of benzene rings is 2. The Morgan fingerprint density at radius 2 is 1.90 bits per heavy atom. The Hall–Kier alpha value is -2.55. The van der Waals surface area contributed by atoms with Crippen molar-refractivity contribution >= 4 is 12.0 Å². The largest absolute Gasteiger partial charge is 0.489 e. The van der Waals surface area contributed by atoms with E-state index >= 15 is 0 Å². The van der Waals surface area contributed by atoms with Crippen molar-refractivity contribution in [1.29, 1.82) is 0 Å². The number of carbonyl (C=O) groups is 1. The molecule has 3 nitrogen and oxygen atoms in total. The highest BCUT2D eigenvalue weighted by Gasteiger charge is 2.00. The second-order valence-electron chi connectivity index (χ2n) is 4.65. The number of methoxy groups -OCH3 is 1. The van der Waals surface area contributed by atoms with Crippen LogP contribution in [0.25, 0.3) is 6.08 Å². The Bertz CT molecular complexity index is 630. The number of hydrogen-bond acceptors (Lipinski definition) is 3. The Morgan fingerprint density at radius 1 is 1.14 bits per heavy atom. The average Bonchev–Trinajstić information content (AvgIpc) is 2.52. The van der Waals surface area contributed by atoms with Crippen molar-refractivity contribution in [3.8, 4) is 5.75 Å². The second-order valence-corrected chi connectivity index (χ2v) is 4.65. The Kier molecular flexibility index (Phi) is 5.16. The molecule has 0 amide bonds.